The third kappa shape index (κ3) is 3.11. The molecule has 0 bridgehead atoms. The molecule has 0 radical (unpaired) electrons. The quantitative estimate of drug-likeness (QED) is 0.925. The summed E-state index contributed by atoms with van der Waals surface area (Å²) in [4.78, 5) is 4.37. The predicted octanol–water partition coefficient (Wildman–Crippen LogP) is 2.29. The van der Waals surface area contributed by atoms with Gasteiger partial charge in [-0.25, -0.2) is 13.6 Å². The van der Waals surface area contributed by atoms with Crippen LogP contribution in [0.1, 0.15) is 12.6 Å². The summed E-state index contributed by atoms with van der Waals surface area (Å²) in [6.07, 6.45) is 2.36. The van der Waals surface area contributed by atoms with Crippen LogP contribution in [0.5, 0.6) is 0 Å². The Morgan fingerprint density at radius 2 is 1.83 bits per heavy atom. The van der Waals surface area contributed by atoms with Gasteiger partial charge < -0.3 is 0 Å². The lowest BCUT2D eigenvalue weighted by Gasteiger charge is -2.06. The molecule has 0 aliphatic heterocycles. The summed E-state index contributed by atoms with van der Waals surface area (Å²) in [5.41, 5.74) is 0.878. The van der Waals surface area contributed by atoms with Crippen molar-refractivity contribution in [2.45, 2.75) is 18.2 Å². The van der Waals surface area contributed by atoms with E-state index in [9.17, 15) is 8.42 Å². The lowest BCUT2D eigenvalue weighted by atomic mass is 10.1. The zero-order valence-electron chi connectivity index (χ0n) is 9.66. The number of rotatable bonds is 2. The van der Waals surface area contributed by atoms with Crippen LogP contribution in [-0.4, -0.2) is 13.4 Å². The molecule has 0 amide bonds. The minimum Gasteiger partial charge on any atom is -0.261 e. The molecular weight excluding hydrogens is 295 g/mol. The Morgan fingerprint density at radius 3 is 2.39 bits per heavy atom. The average molecular weight is 309 g/mol. The second-order valence-corrected chi connectivity index (χ2v) is 5.04. The Labute approximate surface area is 118 Å². The molecule has 0 saturated heterocycles. The number of sulfonamides is 1. The van der Waals surface area contributed by atoms with Crippen molar-refractivity contribution in [2.24, 2.45) is 5.14 Å². The number of pyridine rings is 1. The van der Waals surface area contributed by atoms with E-state index in [1.165, 1.54) is 6.07 Å². The third-order valence-corrected chi connectivity index (χ3v) is 3.46. The predicted molar refractivity (Wildman–Crippen MR) is 77.0 cm³/mol. The van der Waals surface area contributed by atoms with Gasteiger partial charge in [-0.1, -0.05) is 19.1 Å². The molecule has 2 aromatic rings. The summed E-state index contributed by atoms with van der Waals surface area (Å²) in [5.74, 6) is 0. The monoisotopic (exact) mass is 308 g/mol. The largest absolute Gasteiger partial charge is 0.261 e. The van der Waals surface area contributed by atoms with Crippen LogP contribution in [0.3, 0.4) is 0 Å². The fraction of sp³-hybridized carbons (Fsp3) is 0.182. The van der Waals surface area contributed by atoms with Crippen molar-refractivity contribution < 1.29 is 8.42 Å². The first kappa shape index (κ1) is 17.1. The number of nitrogens with two attached hydrogens (primary N) is 1. The molecule has 0 saturated carbocycles. The van der Waals surface area contributed by atoms with Gasteiger partial charge in [-0.15, -0.1) is 24.8 Å². The van der Waals surface area contributed by atoms with E-state index in [4.69, 9.17) is 5.14 Å². The van der Waals surface area contributed by atoms with Crippen LogP contribution in [0.15, 0.2) is 35.4 Å². The molecule has 7 heteroatoms. The van der Waals surface area contributed by atoms with Crippen LogP contribution in [0.2, 0.25) is 0 Å². The number of hydrogen-bond acceptors (Lipinski definition) is 3. The number of hydrogen-bond donors (Lipinski definition) is 1. The molecule has 1 aromatic carbocycles. The second-order valence-electron chi connectivity index (χ2n) is 3.51. The number of benzene rings is 1. The van der Waals surface area contributed by atoms with Crippen molar-refractivity contribution in [3.05, 3.63) is 36.2 Å². The van der Waals surface area contributed by atoms with E-state index in [2.05, 4.69) is 4.98 Å². The number of fused-ring (bicyclic) bond motifs is 1. The Morgan fingerprint density at radius 1 is 1.17 bits per heavy atom. The number of halogens is 2. The number of aryl methyl sites for hydroxylation is 1. The highest BCUT2D eigenvalue weighted by atomic mass is 35.5. The first-order chi connectivity index (χ1) is 7.54. The zero-order valence-corrected chi connectivity index (χ0v) is 12.1. The van der Waals surface area contributed by atoms with Crippen LogP contribution < -0.4 is 5.14 Å². The van der Waals surface area contributed by atoms with E-state index in [1.807, 2.05) is 13.0 Å². The van der Waals surface area contributed by atoms with Crippen molar-refractivity contribution in [1.82, 2.24) is 4.98 Å². The molecule has 0 aliphatic carbocycles. The van der Waals surface area contributed by atoms with Crippen molar-refractivity contribution in [2.75, 3.05) is 0 Å². The molecule has 2 N–H and O–H groups in total. The van der Waals surface area contributed by atoms with Crippen molar-refractivity contribution in [1.29, 1.82) is 0 Å². The maximum Gasteiger partial charge on any atom is 0.238 e. The van der Waals surface area contributed by atoms with Crippen LogP contribution in [0, 0.1) is 0 Å². The minimum absolute atomic E-state index is 0. The maximum atomic E-state index is 11.4. The number of nitrogens with zero attached hydrogens (tertiary/aromatic N) is 1. The van der Waals surface area contributed by atoms with E-state index < -0.39 is 10.0 Å². The van der Waals surface area contributed by atoms with Crippen LogP contribution in [0.25, 0.3) is 10.8 Å². The van der Waals surface area contributed by atoms with Crippen LogP contribution in [0.4, 0.5) is 0 Å². The van der Waals surface area contributed by atoms with Gasteiger partial charge in [0.15, 0.2) is 0 Å². The van der Waals surface area contributed by atoms with E-state index in [0.29, 0.717) is 5.39 Å². The molecule has 4 nitrogen and oxygen atoms in total. The van der Waals surface area contributed by atoms with Gasteiger partial charge in [-0.05, 0) is 18.6 Å². The topological polar surface area (TPSA) is 73.0 Å². The lowest BCUT2D eigenvalue weighted by Crippen LogP contribution is -2.12. The summed E-state index contributed by atoms with van der Waals surface area (Å²) in [6.45, 7) is 1.98. The summed E-state index contributed by atoms with van der Waals surface area (Å²) in [6, 6.07) is 6.73. The molecule has 0 aliphatic rings. The smallest absolute Gasteiger partial charge is 0.238 e. The van der Waals surface area contributed by atoms with Crippen molar-refractivity contribution in [3.8, 4) is 0 Å². The van der Waals surface area contributed by atoms with E-state index in [-0.39, 0.29) is 29.7 Å². The van der Waals surface area contributed by atoms with E-state index in [0.717, 1.165) is 17.5 Å². The standard InChI is InChI=1S/C11H12N2O2S.2ClH/c1-2-10-8-4-3-5-11(16(12,14)15)9(8)6-7-13-10;;/h3-7H,2H2,1H3,(H2,12,14,15);2*1H. The Kier molecular flexibility index (Phi) is 6.02. The molecule has 18 heavy (non-hydrogen) atoms. The van der Waals surface area contributed by atoms with Crippen molar-refractivity contribution in [3.63, 3.8) is 0 Å². The van der Waals surface area contributed by atoms with Gasteiger partial charge in [0.05, 0.1) is 4.90 Å². The summed E-state index contributed by atoms with van der Waals surface area (Å²) in [5, 5.41) is 6.65. The number of primary sulfonamides is 1. The molecule has 2 rings (SSSR count). The van der Waals surface area contributed by atoms with Crippen molar-refractivity contribution >= 4 is 45.6 Å². The highest BCUT2D eigenvalue weighted by Crippen LogP contribution is 2.23. The highest BCUT2D eigenvalue weighted by Gasteiger charge is 2.13. The zero-order chi connectivity index (χ0) is 11.8. The highest BCUT2D eigenvalue weighted by molar-refractivity contribution is 7.89. The molecule has 0 fully saturated rings. The molecule has 0 spiro atoms. The fourth-order valence-electron chi connectivity index (χ4n) is 1.77. The first-order valence-corrected chi connectivity index (χ1v) is 6.48. The van der Waals surface area contributed by atoms with E-state index in [1.54, 1.807) is 18.3 Å². The molecule has 1 heterocycles. The Balaban J connectivity index is 0.00000144. The molecule has 100 valence electrons. The maximum absolute atomic E-state index is 11.4. The third-order valence-electron chi connectivity index (χ3n) is 2.49. The SMILES string of the molecule is CCc1nccc2c(S(N)(=O)=O)cccc12.Cl.Cl. The summed E-state index contributed by atoms with van der Waals surface area (Å²) >= 11 is 0. The first-order valence-electron chi connectivity index (χ1n) is 4.93. The molecule has 0 unspecified atom stereocenters. The summed E-state index contributed by atoms with van der Waals surface area (Å²) in [7, 11) is -3.68. The van der Waals surface area contributed by atoms with Gasteiger partial charge in [0.25, 0.3) is 0 Å². The van der Waals surface area contributed by atoms with Gasteiger partial charge in [-0.3, -0.25) is 4.98 Å². The van der Waals surface area contributed by atoms with Crippen LogP contribution in [-0.2, 0) is 16.4 Å². The fourth-order valence-corrected chi connectivity index (χ4v) is 2.52. The molecular formula is C11H14Cl2N2O2S. The normalized spacial score (nSPS) is 10.6. The van der Waals surface area contributed by atoms with E-state index >= 15 is 0 Å². The van der Waals surface area contributed by atoms with Crippen LogP contribution >= 0.6 is 24.8 Å². The average Bonchev–Trinajstić information content (AvgIpc) is 2.26. The second kappa shape index (κ2) is 6.33. The molecule has 0 atom stereocenters. The summed E-state index contributed by atoms with van der Waals surface area (Å²) < 4.78 is 22.8. The lowest BCUT2D eigenvalue weighted by molar-refractivity contribution is 0.598. The Bertz CT molecular complexity index is 645. The Hall–Kier alpha value is -0.880. The van der Waals surface area contributed by atoms with Gasteiger partial charge in [-0.2, -0.15) is 0 Å². The van der Waals surface area contributed by atoms with Gasteiger partial charge in [0.2, 0.25) is 10.0 Å². The number of aromatic nitrogens is 1. The molecule has 1 aromatic heterocycles. The van der Waals surface area contributed by atoms with Gasteiger partial charge in [0, 0.05) is 22.7 Å². The van der Waals surface area contributed by atoms with Gasteiger partial charge >= 0.3 is 0 Å². The minimum atomic E-state index is -3.68. The van der Waals surface area contributed by atoms with Gasteiger partial charge in [0.1, 0.15) is 0 Å².